The molecule has 0 fully saturated rings. The van der Waals surface area contributed by atoms with Crippen LogP contribution in [0.2, 0.25) is 0 Å². The number of rotatable bonds is 3. The highest BCUT2D eigenvalue weighted by Crippen LogP contribution is 2.24. The molecule has 2 N–H and O–H groups in total. The third kappa shape index (κ3) is 2.24. The molecule has 2 aromatic rings. The first kappa shape index (κ1) is 11.9. The van der Waals surface area contributed by atoms with E-state index in [9.17, 15) is 0 Å². The van der Waals surface area contributed by atoms with Gasteiger partial charge < -0.3 is 5.73 Å². The van der Waals surface area contributed by atoms with Gasteiger partial charge in [0.25, 0.3) is 0 Å². The summed E-state index contributed by atoms with van der Waals surface area (Å²) in [4.78, 5) is 0. The minimum atomic E-state index is 0.660. The Hall–Kier alpha value is -1.61. The van der Waals surface area contributed by atoms with Crippen LogP contribution in [0.25, 0.3) is 11.3 Å². The SMILES string of the molecule is Cc1ccc(-c2nn(C)c(CCN)c2C)cc1. The molecular formula is C14H19N3. The molecule has 2 rings (SSSR count). The van der Waals surface area contributed by atoms with Crippen molar-refractivity contribution in [1.29, 1.82) is 0 Å². The van der Waals surface area contributed by atoms with Gasteiger partial charge in [0.2, 0.25) is 0 Å². The summed E-state index contributed by atoms with van der Waals surface area (Å²) >= 11 is 0. The van der Waals surface area contributed by atoms with Crippen LogP contribution in [0.15, 0.2) is 24.3 Å². The van der Waals surface area contributed by atoms with Crippen molar-refractivity contribution in [2.75, 3.05) is 6.54 Å². The summed E-state index contributed by atoms with van der Waals surface area (Å²) in [5, 5.41) is 4.59. The van der Waals surface area contributed by atoms with Crippen molar-refractivity contribution < 1.29 is 0 Å². The van der Waals surface area contributed by atoms with Crippen molar-refractivity contribution in [2.24, 2.45) is 12.8 Å². The van der Waals surface area contributed by atoms with E-state index in [-0.39, 0.29) is 0 Å². The van der Waals surface area contributed by atoms with Crippen molar-refractivity contribution >= 4 is 0 Å². The highest BCUT2D eigenvalue weighted by atomic mass is 15.3. The van der Waals surface area contributed by atoms with E-state index in [4.69, 9.17) is 5.73 Å². The number of nitrogens with two attached hydrogens (primary N) is 1. The second-order valence-corrected chi connectivity index (χ2v) is 4.45. The lowest BCUT2D eigenvalue weighted by molar-refractivity contribution is 0.706. The molecule has 0 radical (unpaired) electrons. The maximum atomic E-state index is 5.63. The fourth-order valence-corrected chi connectivity index (χ4v) is 2.14. The van der Waals surface area contributed by atoms with E-state index in [1.54, 1.807) is 0 Å². The maximum Gasteiger partial charge on any atom is 0.0955 e. The summed E-state index contributed by atoms with van der Waals surface area (Å²) in [6.45, 7) is 4.87. The lowest BCUT2D eigenvalue weighted by Crippen LogP contribution is -2.08. The number of hydrogen-bond acceptors (Lipinski definition) is 2. The quantitative estimate of drug-likeness (QED) is 0.877. The second kappa shape index (κ2) is 4.72. The Morgan fingerprint density at radius 1 is 1.18 bits per heavy atom. The normalized spacial score (nSPS) is 10.8. The molecular weight excluding hydrogens is 210 g/mol. The monoisotopic (exact) mass is 229 g/mol. The largest absolute Gasteiger partial charge is 0.330 e. The van der Waals surface area contributed by atoms with Crippen LogP contribution in [0, 0.1) is 13.8 Å². The van der Waals surface area contributed by atoms with Crippen LogP contribution >= 0.6 is 0 Å². The minimum Gasteiger partial charge on any atom is -0.330 e. The van der Waals surface area contributed by atoms with Crippen molar-refractivity contribution in [3.8, 4) is 11.3 Å². The van der Waals surface area contributed by atoms with Crippen LogP contribution in [-0.2, 0) is 13.5 Å². The predicted octanol–water partition coefficient (Wildman–Crippen LogP) is 2.21. The fraction of sp³-hybridized carbons (Fsp3) is 0.357. The molecule has 0 spiro atoms. The van der Waals surface area contributed by atoms with Gasteiger partial charge in [-0.05, 0) is 26.0 Å². The number of aryl methyl sites for hydroxylation is 2. The molecule has 3 nitrogen and oxygen atoms in total. The summed E-state index contributed by atoms with van der Waals surface area (Å²) in [5.74, 6) is 0. The van der Waals surface area contributed by atoms with E-state index < -0.39 is 0 Å². The molecule has 0 saturated heterocycles. The van der Waals surface area contributed by atoms with Gasteiger partial charge in [-0.1, -0.05) is 29.8 Å². The van der Waals surface area contributed by atoms with E-state index in [0.29, 0.717) is 6.54 Å². The lowest BCUT2D eigenvalue weighted by atomic mass is 10.0. The highest BCUT2D eigenvalue weighted by molar-refractivity contribution is 5.64. The third-order valence-electron chi connectivity index (χ3n) is 3.13. The molecule has 0 bridgehead atoms. The van der Waals surface area contributed by atoms with Gasteiger partial charge in [-0.2, -0.15) is 5.10 Å². The highest BCUT2D eigenvalue weighted by Gasteiger charge is 2.12. The molecule has 0 atom stereocenters. The summed E-state index contributed by atoms with van der Waals surface area (Å²) in [6.07, 6.45) is 0.876. The zero-order valence-corrected chi connectivity index (χ0v) is 10.7. The first-order valence-corrected chi connectivity index (χ1v) is 5.93. The van der Waals surface area contributed by atoms with Gasteiger partial charge >= 0.3 is 0 Å². The minimum absolute atomic E-state index is 0.660. The lowest BCUT2D eigenvalue weighted by Gasteiger charge is -2.01. The van der Waals surface area contributed by atoms with E-state index in [0.717, 1.165) is 12.1 Å². The van der Waals surface area contributed by atoms with E-state index in [2.05, 4.69) is 43.2 Å². The zero-order chi connectivity index (χ0) is 12.4. The van der Waals surface area contributed by atoms with Crippen LogP contribution in [0.5, 0.6) is 0 Å². The molecule has 0 saturated carbocycles. The van der Waals surface area contributed by atoms with E-state index in [1.165, 1.54) is 22.4 Å². The van der Waals surface area contributed by atoms with Gasteiger partial charge in [0.1, 0.15) is 0 Å². The van der Waals surface area contributed by atoms with Crippen molar-refractivity contribution in [3.05, 3.63) is 41.1 Å². The number of nitrogens with zero attached hydrogens (tertiary/aromatic N) is 2. The van der Waals surface area contributed by atoms with Crippen LogP contribution < -0.4 is 5.73 Å². The summed E-state index contributed by atoms with van der Waals surface area (Å²) in [6, 6.07) is 8.48. The Morgan fingerprint density at radius 3 is 2.41 bits per heavy atom. The summed E-state index contributed by atoms with van der Waals surface area (Å²) < 4.78 is 1.94. The summed E-state index contributed by atoms with van der Waals surface area (Å²) in [5.41, 5.74) is 11.6. The van der Waals surface area contributed by atoms with Crippen LogP contribution in [0.3, 0.4) is 0 Å². The number of benzene rings is 1. The van der Waals surface area contributed by atoms with E-state index in [1.807, 2.05) is 11.7 Å². The molecule has 0 unspecified atom stereocenters. The zero-order valence-electron chi connectivity index (χ0n) is 10.7. The smallest absolute Gasteiger partial charge is 0.0955 e. The fourth-order valence-electron chi connectivity index (χ4n) is 2.14. The molecule has 1 aromatic heterocycles. The van der Waals surface area contributed by atoms with Crippen LogP contribution in [0.1, 0.15) is 16.8 Å². The number of hydrogen-bond donors (Lipinski definition) is 1. The molecule has 0 amide bonds. The molecule has 1 aromatic carbocycles. The van der Waals surface area contributed by atoms with Crippen molar-refractivity contribution in [2.45, 2.75) is 20.3 Å². The maximum absolute atomic E-state index is 5.63. The average Bonchev–Trinajstić information content (AvgIpc) is 2.59. The number of aromatic nitrogens is 2. The Morgan fingerprint density at radius 2 is 1.82 bits per heavy atom. The van der Waals surface area contributed by atoms with Gasteiger partial charge in [-0.3, -0.25) is 4.68 Å². The Kier molecular flexibility index (Phi) is 3.29. The van der Waals surface area contributed by atoms with Crippen LogP contribution in [-0.4, -0.2) is 16.3 Å². The molecule has 90 valence electrons. The van der Waals surface area contributed by atoms with Gasteiger partial charge in [0, 0.05) is 24.7 Å². The topological polar surface area (TPSA) is 43.8 Å². The van der Waals surface area contributed by atoms with E-state index >= 15 is 0 Å². The van der Waals surface area contributed by atoms with Gasteiger partial charge in [-0.25, -0.2) is 0 Å². The molecule has 0 aliphatic rings. The Labute approximate surface area is 102 Å². The molecule has 1 heterocycles. The Bertz CT molecular complexity index is 509. The van der Waals surface area contributed by atoms with Gasteiger partial charge in [-0.15, -0.1) is 0 Å². The molecule has 0 aliphatic carbocycles. The van der Waals surface area contributed by atoms with Crippen molar-refractivity contribution in [1.82, 2.24) is 9.78 Å². The predicted molar refractivity (Wildman–Crippen MR) is 70.9 cm³/mol. The van der Waals surface area contributed by atoms with Crippen LogP contribution in [0.4, 0.5) is 0 Å². The third-order valence-corrected chi connectivity index (χ3v) is 3.13. The first-order chi connectivity index (χ1) is 8.13. The molecule has 17 heavy (non-hydrogen) atoms. The Balaban J connectivity index is 2.46. The summed E-state index contributed by atoms with van der Waals surface area (Å²) in [7, 11) is 1.98. The molecule has 3 heteroatoms. The second-order valence-electron chi connectivity index (χ2n) is 4.45. The first-order valence-electron chi connectivity index (χ1n) is 5.93. The van der Waals surface area contributed by atoms with Gasteiger partial charge in [0.15, 0.2) is 0 Å². The van der Waals surface area contributed by atoms with Crippen molar-refractivity contribution in [3.63, 3.8) is 0 Å². The average molecular weight is 229 g/mol. The van der Waals surface area contributed by atoms with Gasteiger partial charge in [0.05, 0.1) is 5.69 Å². The standard InChI is InChI=1S/C14H19N3/c1-10-4-6-12(7-5-10)14-11(2)13(8-9-15)17(3)16-14/h4-7H,8-9,15H2,1-3H3. The molecule has 0 aliphatic heterocycles.